The lowest BCUT2D eigenvalue weighted by atomic mass is 9.82. The van der Waals surface area contributed by atoms with E-state index in [4.69, 9.17) is 15.2 Å². The number of nitrogens with two attached hydrogens (primary N) is 1. The van der Waals surface area contributed by atoms with E-state index in [1.54, 1.807) is 12.1 Å². The van der Waals surface area contributed by atoms with E-state index in [1.165, 1.54) is 19.3 Å². The molecule has 132 valence electrons. The van der Waals surface area contributed by atoms with Crippen LogP contribution in [0.1, 0.15) is 55.3 Å². The number of nitrogens with one attached hydrogen (secondary N) is 1. The molecule has 2 fully saturated rings. The van der Waals surface area contributed by atoms with Gasteiger partial charge in [-0.3, -0.25) is 4.79 Å². The fourth-order valence-corrected chi connectivity index (χ4v) is 3.73. The van der Waals surface area contributed by atoms with Gasteiger partial charge in [0.2, 0.25) is 0 Å². The average Bonchev–Trinajstić information content (AvgIpc) is 2.98. The summed E-state index contributed by atoms with van der Waals surface area (Å²) in [6.45, 7) is 1.85. The first-order valence-electron chi connectivity index (χ1n) is 9.09. The summed E-state index contributed by atoms with van der Waals surface area (Å²) in [7, 11) is 0. The van der Waals surface area contributed by atoms with Crippen molar-refractivity contribution in [3.63, 3.8) is 0 Å². The summed E-state index contributed by atoms with van der Waals surface area (Å²) in [5.41, 5.74) is 6.13. The maximum atomic E-state index is 12.4. The lowest BCUT2D eigenvalue weighted by molar-refractivity contribution is -0.0246. The molecule has 1 saturated heterocycles. The minimum absolute atomic E-state index is 0.0247. The minimum atomic E-state index is -0.0371. The normalized spacial score (nSPS) is 22.5. The first-order chi connectivity index (χ1) is 11.7. The zero-order valence-electron chi connectivity index (χ0n) is 14.3. The number of amides is 1. The average molecular weight is 332 g/mol. The molecule has 5 heteroatoms. The molecule has 1 amide bonds. The van der Waals surface area contributed by atoms with Gasteiger partial charge in [-0.05, 0) is 56.5 Å². The van der Waals surface area contributed by atoms with Gasteiger partial charge in [0.25, 0.3) is 5.91 Å². The maximum absolute atomic E-state index is 12.4. The molecule has 1 spiro atoms. The van der Waals surface area contributed by atoms with Gasteiger partial charge in [0.05, 0.1) is 24.9 Å². The van der Waals surface area contributed by atoms with Crippen molar-refractivity contribution in [3.05, 3.63) is 29.8 Å². The predicted molar refractivity (Wildman–Crippen MR) is 93.2 cm³/mol. The first-order valence-corrected chi connectivity index (χ1v) is 9.09. The van der Waals surface area contributed by atoms with E-state index in [-0.39, 0.29) is 17.6 Å². The van der Waals surface area contributed by atoms with Crippen molar-refractivity contribution >= 4 is 5.91 Å². The Morgan fingerprint density at radius 3 is 2.71 bits per heavy atom. The van der Waals surface area contributed by atoms with Crippen LogP contribution < -0.4 is 15.8 Å². The molecule has 1 aromatic carbocycles. The van der Waals surface area contributed by atoms with Gasteiger partial charge in [-0.25, -0.2) is 0 Å². The van der Waals surface area contributed by atoms with E-state index in [2.05, 4.69) is 5.32 Å². The number of carbonyl (C=O) groups is 1. The molecule has 1 saturated carbocycles. The van der Waals surface area contributed by atoms with Gasteiger partial charge >= 0.3 is 0 Å². The van der Waals surface area contributed by atoms with Crippen molar-refractivity contribution < 1.29 is 14.3 Å². The molecule has 0 radical (unpaired) electrons. The number of benzene rings is 1. The summed E-state index contributed by atoms with van der Waals surface area (Å²) in [5, 5.41) is 3.12. The smallest absolute Gasteiger partial charge is 0.251 e. The zero-order valence-corrected chi connectivity index (χ0v) is 14.3. The van der Waals surface area contributed by atoms with Gasteiger partial charge in [0.15, 0.2) is 0 Å². The number of rotatable bonds is 6. The quantitative estimate of drug-likeness (QED) is 0.786. The van der Waals surface area contributed by atoms with Crippen LogP contribution in [0.25, 0.3) is 0 Å². The highest BCUT2D eigenvalue weighted by Crippen LogP contribution is 2.39. The second kappa shape index (κ2) is 7.99. The third-order valence-corrected chi connectivity index (χ3v) is 5.04. The van der Waals surface area contributed by atoms with Gasteiger partial charge in [-0.2, -0.15) is 0 Å². The Morgan fingerprint density at radius 2 is 2.00 bits per heavy atom. The topological polar surface area (TPSA) is 73.6 Å². The number of hydrogen-bond acceptors (Lipinski definition) is 4. The van der Waals surface area contributed by atoms with Gasteiger partial charge < -0.3 is 20.5 Å². The minimum Gasteiger partial charge on any atom is -0.494 e. The summed E-state index contributed by atoms with van der Waals surface area (Å²) >= 11 is 0. The number of hydrogen-bond donors (Lipinski definition) is 2. The molecule has 1 atom stereocenters. The van der Waals surface area contributed by atoms with Crippen LogP contribution in [0.15, 0.2) is 24.3 Å². The highest BCUT2D eigenvalue weighted by atomic mass is 16.5. The Labute approximate surface area is 143 Å². The molecule has 0 unspecified atom stereocenters. The Balaban J connectivity index is 1.50. The highest BCUT2D eigenvalue weighted by Gasteiger charge is 2.41. The van der Waals surface area contributed by atoms with E-state index >= 15 is 0 Å². The molecule has 3 rings (SSSR count). The SMILES string of the molecule is NCCCOc1ccc(C(=O)N[C@@H]2COC3(CCCCC3)C2)cc1. The van der Waals surface area contributed by atoms with Gasteiger partial charge in [-0.1, -0.05) is 19.3 Å². The molecule has 24 heavy (non-hydrogen) atoms. The third kappa shape index (κ3) is 4.28. The molecule has 5 nitrogen and oxygen atoms in total. The Morgan fingerprint density at radius 1 is 1.25 bits per heavy atom. The summed E-state index contributed by atoms with van der Waals surface area (Å²) in [6, 6.07) is 7.40. The van der Waals surface area contributed by atoms with Crippen LogP contribution in [0.4, 0.5) is 0 Å². The molecule has 1 aliphatic carbocycles. The van der Waals surface area contributed by atoms with Crippen molar-refractivity contribution in [2.24, 2.45) is 5.73 Å². The van der Waals surface area contributed by atoms with Gasteiger partial charge in [-0.15, -0.1) is 0 Å². The fourth-order valence-electron chi connectivity index (χ4n) is 3.73. The molecule has 1 heterocycles. The van der Waals surface area contributed by atoms with Crippen molar-refractivity contribution in [1.29, 1.82) is 0 Å². The summed E-state index contributed by atoms with van der Waals surface area (Å²) < 4.78 is 11.6. The van der Waals surface area contributed by atoms with E-state index in [9.17, 15) is 4.79 Å². The second-order valence-corrected chi connectivity index (χ2v) is 6.94. The molecule has 0 bridgehead atoms. The molecular formula is C19H28N2O3. The summed E-state index contributed by atoms with van der Waals surface area (Å²) in [5.74, 6) is 0.732. The largest absolute Gasteiger partial charge is 0.494 e. The lowest BCUT2D eigenvalue weighted by Gasteiger charge is -2.32. The number of carbonyl (C=O) groups excluding carboxylic acids is 1. The monoisotopic (exact) mass is 332 g/mol. The first kappa shape index (κ1) is 17.2. The number of ether oxygens (including phenoxy) is 2. The van der Waals surface area contributed by atoms with E-state index < -0.39 is 0 Å². The maximum Gasteiger partial charge on any atom is 0.251 e. The van der Waals surface area contributed by atoms with Crippen molar-refractivity contribution in [2.75, 3.05) is 19.8 Å². The van der Waals surface area contributed by atoms with Crippen LogP contribution in [-0.2, 0) is 4.74 Å². The summed E-state index contributed by atoms with van der Waals surface area (Å²) in [4.78, 5) is 12.4. The van der Waals surface area contributed by atoms with Crippen LogP contribution in [-0.4, -0.2) is 37.3 Å². The molecule has 2 aliphatic rings. The Kier molecular flexibility index (Phi) is 5.74. The predicted octanol–water partition coefficient (Wildman–Crippen LogP) is 2.64. The lowest BCUT2D eigenvalue weighted by Crippen LogP contribution is -2.37. The van der Waals surface area contributed by atoms with Crippen LogP contribution in [0.5, 0.6) is 5.75 Å². The van der Waals surface area contributed by atoms with Crippen LogP contribution >= 0.6 is 0 Å². The highest BCUT2D eigenvalue weighted by molar-refractivity contribution is 5.94. The van der Waals surface area contributed by atoms with Gasteiger partial charge in [0.1, 0.15) is 5.75 Å². The Bertz CT molecular complexity index is 538. The molecule has 0 aromatic heterocycles. The Hall–Kier alpha value is -1.59. The van der Waals surface area contributed by atoms with E-state index in [0.717, 1.165) is 31.4 Å². The van der Waals surface area contributed by atoms with Crippen LogP contribution in [0.3, 0.4) is 0 Å². The van der Waals surface area contributed by atoms with Crippen molar-refractivity contribution in [1.82, 2.24) is 5.32 Å². The molecular weight excluding hydrogens is 304 g/mol. The van der Waals surface area contributed by atoms with Gasteiger partial charge in [0, 0.05) is 5.56 Å². The van der Waals surface area contributed by atoms with Crippen LogP contribution in [0.2, 0.25) is 0 Å². The second-order valence-electron chi connectivity index (χ2n) is 6.94. The third-order valence-electron chi connectivity index (χ3n) is 5.04. The molecule has 3 N–H and O–H groups in total. The molecule has 1 aromatic rings. The molecule has 1 aliphatic heterocycles. The van der Waals surface area contributed by atoms with Crippen molar-refractivity contribution in [2.45, 2.75) is 56.6 Å². The standard InChI is InChI=1S/C19H28N2O3/c20-11-4-12-23-17-7-5-15(6-8-17)18(22)21-16-13-19(24-14-16)9-2-1-3-10-19/h5-8,16H,1-4,9-14,20H2,(H,21,22)/t16-/m0/s1. The van der Waals surface area contributed by atoms with Crippen LogP contribution in [0, 0.1) is 0 Å². The van der Waals surface area contributed by atoms with Crippen molar-refractivity contribution in [3.8, 4) is 5.75 Å². The summed E-state index contributed by atoms with van der Waals surface area (Å²) in [6.07, 6.45) is 7.83. The zero-order chi connectivity index (χ0) is 16.8. The van der Waals surface area contributed by atoms with E-state index in [1.807, 2.05) is 12.1 Å². The fraction of sp³-hybridized carbons (Fsp3) is 0.632. The van der Waals surface area contributed by atoms with E-state index in [0.29, 0.717) is 25.3 Å².